The molecule has 0 radical (unpaired) electrons. The van der Waals surface area contributed by atoms with E-state index in [-0.39, 0.29) is 11.9 Å². The van der Waals surface area contributed by atoms with Gasteiger partial charge in [-0.3, -0.25) is 10.1 Å². The normalized spacial score (nSPS) is 20.1. The van der Waals surface area contributed by atoms with Crippen LogP contribution in [0.1, 0.15) is 17.9 Å². The Morgan fingerprint density at radius 3 is 3.06 bits per heavy atom. The Hall–Kier alpha value is -1.80. The molecule has 1 amide bonds. The molecule has 1 aliphatic rings. The fraction of sp³-hybridized carbons (Fsp3) is 0.455. The van der Waals surface area contributed by atoms with Gasteiger partial charge in [0.2, 0.25) is 11.7 Å². The van der Waals surface area contributed by atoms with Crippen LogP contribution < -0.4 is 5.32 Å². The lowest BCUT2D eigenvalue weighted by Crippen LogP contribution is -2.36. The molecular formula is C11H13N3O2. The van der Waals surface area contributed by atoms with Crippen molar-refractivity contribution in [3.63, 3.8) is 0 Å². The third-order valence-corrected chi connectivity index (χ3v) is 2.72. The van der Waals surface area contributed by atoms with Crippen molar-refractivity contribution in [2.75, 3.05) is 13.6 Å². The van der Waals surface area contributed by atoms with Crippen LogP contribution in [0.3, 0.4) is 0 Å². The smallest absolute Gasteiger partial charge is 0.239 e. The van der Waals surface area contributed by atoms with Crippen molar-refractivity contribution in [3.8, 4) is 6.07 Å². The van der Waals surface area contributed by atoms with Gasteiger partial charge >= 0.3 is 0 Å². The van der Waals surface area contributed by atoms with Crippen LogP contribution in [0.4, 0.5) is 0 Å². The number of hydrogen-bond donors (Lipinski definition) is 1. The maximum Gasteiger partial charge on any atom is 0.239 e. The first kappa shape index (κ1) is 10.7. The predicted molar refractivity (Wildman–Crippen MR) is 56.3 cm³/mol. The van der Waals surface area contributed by atoms with Crippen LogP contribution in [-0.2, 0) is 11.3 Å². The van der Waals surface area contributed by atoms with Crippen LogP contribution in [0.25, 0.3) is 0 Å². The van der Waals surface area contributed by atoms with Gasteiger partial charge in [-0.25, -0.2) is 0 Å². The fourth-order valence-corrected chi connectivity index (χ4v) is 1.77. The van der Waals surface area contributed by atoms with E-state index < -0.39 is 0 Å². The molecule has 2 rings (SSSR count). The first-order chi connectivity index (χ1) is 7.70. The Balaban J connectivity index is 1.88. The van der Waals surface area contributed by atoms with Gasteiger partial charge in [-0.05, 0) is 18.6 Å². The van der Waals surface area contributed by atoms with E-state index in [1.165, 1.54) is 0 Å². The van der Waals surface area contributed by atoms with E-state index in [0.717, 1.165) is 13.0 Å². The third kappa shape index (κ3) is 2.07. The molecule has 0 spiro atoms. The SMILES string of the molecule is CN1CCC(NCc2ccc(C#N)o2)C1=O. The molecule has 84 valence electrons. The van der Waals surface area contributed by atoms with Gasteiger partial charge in [0.1, 0.15) is 11.8 Å². The van der Waals surface area contributed by atoms with Crippen LogP contribution in [0.15, 0.2) is 16.5 Å². The Morgan fingerprint density at radius 1 is 1.69 bits per heavy atom. The molecule has 1 fully saturated rings. The lowest BCUT2D eigenvalue weighted by Gasteiger charge is -2.10. The Kier molecular flexibility index (Phi) is 2.93. The Labute approximate surface area is 93.6 Å². The fourth-order valence-electron chi connectivity index (χ4n) is 1.77. The molecule has 1 aromatic rings. The van der Waals surface area contributed by atoms with E-state index in [0.29, 0.717) is 18.1 Å². The van der Waals surface area contributed by atoms with Gasteiger partial charge in [0.25, 0.3) is 0 Å². The third-order valence-electron chi connectivity index (χ3n) is 2.72. The summed E-state index contributed by atoms with van der Waals surface area (Å²) in [5.74, 6) is 1.10. The van der Waals surface area contributed by atoms with E-state index in [9.17, 15) is 4.79 Å². The molecule has 1 saturated heterocycles. The van der Waals surface area contributed by atoms with Crippen LogP contribution >= 0.6 is 0 Å². The zero-order chi connectivity index (χ0) is 11.5. The molecule has 0 bridgehead atoms. The van der Waals surface area contributed by atoms with E-state index in [1.807, 2.05) is 6.07 Å². The van der Waals surface area contributed by atoms with Gasteiger partial charge in [-0.15, -0.1) is 0 Å². The van der Waals surface area contributed by atoms with Crippen molar-refractivity contribution in [1.82, 2.24) is 10.2 Å². The number of carbonyl (C=O) groups is 1. The average molecular weight is 219 g/mol. The summed E-state index contributed by atoms with van der Waals surface area (Å²) in [5, 5.41) is 11.7. The summed E-state index contributed by atoms with van der Waals surface area (Å²) < 4.78 is 5.21. The Morgan fingerprint density at radius 2 is 2.50 bits per heavy atom. The van der Waals surface area contributed by atoms with Crippen molar-refractivity contribution in [3.05, 3.63) is 23.7 Å². The second-order valence-electron chi connectivity index (χ2n) is 3.86. The summed E-state index contributed by atoms with van der Waals surface area (Å²) in [5.41, 5.74) is 0. The Bertz CT molecular complexity index is 433. The van der Waals surface area contributed by atoms with Crippen LogP contribution in [0, 0.1) is 11.3 Å². The van der Waals surface area contributed by atoms with Crippen molar-refractivity contribution >= 4 is 5.91 Å². The van der Waals surface area contributed by atoms with Gasteiger partial charge in [0.15, 0.2) is 0 Å². The molecule has 1 unspecified atom stereocenters. The van der Waals surface area contributed by atoms with E-state index in [4.69, 9.17) is 9.68 Å². The molecule has 1 aromatic heterocycles. The summed E-state index contributed by atoms with van der Waals surface area (Å²) in [6.45, 7) is 1.27. The van der Waals surface area contributed by atoms with Gasteiger partial charge in [-0.2, -0.15) is 5.26 Å². The lowest BCUT2D eigenvalue weighted by molar-refractivity contribution is -0.128. The minimum Gasteiger partial charge on any atom is -0.449 e. The summed E-state index contributed by atoms with van der Waals surface area (Å²) in [4.78, 5) is 13.3. The second-order valence-corrected chi connectivity index (χ2v) is 3.86. The van der Waals surface area contributed by atoms with Crippen molar-refractivity contribution in [1.29, 1.82) is 5.26 Å². The highest BCUT2D eigenvalue weighted by molar-refractivity contribution is 5.83. The number of likely N-dealkylation sites (tertiary alicyclic amines) is 1. The minimum atomic E-state index is -0.124. The van der Waals surface area contributed by atoms with Gasteiger partial charge < -0.3 is 9.32 Å². The number of nitriles is 1. The maximum absolute atomic E-state index is 11.6. The summed E-state index contributed by atoms with van der Waals surface area (Å²) in [6, 6.07) is 5.17. The van der Waals surface area contributed by atoms with E-state index >= 15 is 0 Å². The number of nitrogens with zero attached hydrogens (tertiary/aromatic N) is 2. The van der Waals surface area contributed by atoms with Gasteiger partial charge in [0.05, 0.1) is 12.6 Å². The zero-order valence-electron chi connectivity index (χ0n) is 9.06. The molecule has 16 heavy (non-hydrogen) atoms. The molecule has 0 aromatic carbocycles. The first-order valence-electron chi connectivity index (χ1n) is 5.18. The number of furan rings is 1. The van der Waals surface area contributed by atoms with Crippen molar-refractivity contribution < 1.29 is 9.21 Å². The highest BCUT2D eigenvalue weighted by Gasteiger charge is 2.28. The topological polar surface area (TPSA) is 69.3 Å². The number of likely N-dealkylation sites (N-methyl/N-ethyl adjacent to an activating group) is 1. The molecule has 5 heteroatoms. The number of nitrogens with one attached hydrogen (secondary N) is 1. The standard InChI is InChI=1S/C11H13N3O2/c1-14-5-4-10(11(14)15)13-7-9-3-2-8(6-12)16-9/h2-3,10,13H,4-5,7H2,1H3. The summed E-state index contributed by atoms with van der Waals surface area (Å²) in [6.07, 6.45) is 0.821. The highest BCUT2D eigenvalue weighted by Crippen LogP contribution is 2.11. The highest BCUT2D eigenvalue weighted by atomic mass is 16.3. The van der Waals surface area contributed by atoms with Crippen molar-refractivity contribution in [2.24, 2.45) is 0 Å². The number of hydrogen-bond acceptors (Lipinski definition) is 4. The minimum absolute atomic E-state index is 0.118. The molecule has 0 aliphatic carbocycles. The molecule has 2 heterocycles. The molecule has 1 aliphatic heterocycles. The average Bonchev–Trinajstić information content (AvgIpc) is 2.86. The molecule has 5 nitrogen and oxygen atoms in total. The largest absolute Gasteiger partial charge is 0.449 e. The van der Waals surface area contributed by atoms with E-state index in [1.54, 1.807) is 24.1 Å². The molecule has 1 atom stereocenters. The van der Waals surface area contributed by atoms with Crippen LogP contribution in [0.2, 0.25) is 0 Å². The summed E-state index contributed by atoms with van der Waals surface area (Å²) >= 11 is 0. The zero-order valence-corrected chi connectivity index (χ0v) is 9.06. The number of amides is 1. The molecular weight excluding hydrogens is 206 g/mol. The quantitative estimate of drug-likeness (QED) is 0.802. The summed E-state index contributed by atoms with van der Waals surface area (Å²) in [7, 11) is 1.80. The number of rotatable bonds is 3. The molecule has 0 saturated carbocycles. The van der Waals surface area contributed by atoms with Gasteiger partial charge in [0, 0.05) is 13.6 Å². The predicted octanol–water partition coefficient (Wildman–Crippen LogP) is 0.472. The monoisotopic (exact) mass is 219 g/mol. The van der Waals surface area contributed by atoms with E-state index in [2.05, 4.69) is 5.32 Å². The lowest BCUT2D eigenvalue weighted by atomic mass is 10.2. The molecule has 1 N–H and O–H groups in total. The second kappa shape index (κ2) is 4.37. The van der Waals surface area contributed by atoms with Crippen LogP contribution in [0.5, 0.6) is 0 Å². The van der Waals surface area contributed by atoms with Gasteiger partial charge in [-0.1, -0.05) is 0 Å². The van der Waals surface area contributed by atoms with Crippen LogP contribution in [-0.4, -0.2) is 30.4 Å². The maximum atomic E-state index is 11.6. The van der Waals surface area contributed by atoms with Crippen molar-refractivity contribution in [2.45, 2.75) is 19.0 Å². The first-order valence-corrected chi connectivity index (χ1v) is 5.18. The number of carbonyl (C=O) groups excluding carboxylic acids is 1.